The predicted molar refractivity (Wildman–Crippen MR) is 295 cm³/mol. The average Bonchev–Trinajstić information content (AvgIpc) is 3.95. The summed E-state index contributed by atoms with van der Waals surface area (Å²) < 4.78 is 0. The van der Waals surface area contributed by atoms with E-state index in [4.69, 9.17) is 17.2 Å². The number of nitrogens with two attached hydrogens (primary N) is 3. The number of H-pyrrole nitrogens is 1. The maximum absolute atomic E-state index is 14.8. The lowest BCUT2D eigenvalue weighted by Gasteiger charge is -2.32. The van der Waals surface area contributed by atoms with E-state index >= 15 is 0 Å². The van der Waals surface area contributed by atoms with Gasteiger partial charge >= 0.3 is 11.9 Å². The topological polar surface area (TPSA) is 426 Å². The molecule has 26 nitrogen and oxygen atoms in total. The maximum atomic E-state index is 14.8. The Labute approximate surface area is 468 Å². The largest absolute Gasteiger partial charge is 0.481 e. The normalized spacial score (nSPS) is 18.2. The molecule has 0 radical (unpaired) electrons. The Hall–Kier alpha value is -6.86. The van der Waals surface area contributed by atoms with Gasteiger partial charge in [-0.25, -0.2) is 9.78 Å². The van der Waals surface area contributed by atoms with Gasteiger partial charge in [0.15, 0.2) is 5.96 Å². The number of hydrogen-bond donors (Lipinski definition) is 14. The van der Waals surface area contributed by atoms with Crippen LogP contribution in [0.15, 0.2) is 17.5 Å². The molecule has 80 heavy (non-hydrogen) atoms. The fourth-order valence-corrected chi connectivity index (χ4v) is 11.0. The summed E-state index contributed by atoms with van der Waals surface area (Å²) in [6.45, 7) is 3.05. The van der Waals surface area contributed by atoms with Crippen LogP contribution < -0.4 is 59.7 Å². The first-order valence-electron chi connectivity index (χ1n) is 28.8. The summed E-state index contributed by atoms with van der Waals surface area (Å²) in [6, 6.07) is -10.3. The van der Waals surface area contributed by atoms with Crippen molar-refractivity contribution in [3.05, 3.63) is 18.2 Å². The van der Waals surface area contributed by atoms with Crippen molar-refractivity contribution < 1.29 is 58.2 Å². The second kappa shape index (κ2) is 35.0. The molecule has 1 heterocycles. The van der Waals surface area contributed by atoms with Crippen molar-refractivity contribution in [2.24, 2.45) is 39.9 Å². The molecule has 8 amide bonds. The lowest BCUT2D eigenvalue weighted by atomic mass is 9.83. The van der Waals surface area contributed by atoms with E-state index in [1.807, 2.05) is 0 Å². The van der Waals surface area contributed by atoms with Gasteiger partial charge in [-0.1, -0.05) is 96.3 Å². The fourth-order valence-electron chi connectivity index (χ4n) is 11.0. The molecule has 3 fully saturated rings. The van der Waals surface area contributed by atoms with Crippen LogP contribution in [0.2, 0.25) is 0 Å². The van der Waals surface area contributed by atoms with E-state index in [2.05, 4.69) is 57.5 Å². The van der Waals surface area contributed by atoms with Gasteiger partial charge in [-0.2, -0.15) is 0 Å². The summed E-state index contributed by atoms with van der Waals surface area (Å²) >= 11 is 0. The Morgan fingerprint density at radius 1 is 0.562 bits per heavy atom. The molecular weight excluding hydrogens is 1040 g/mol. The van der Waals surface area contributed by atoms with Crippen molar-refractivity contribution in [2.75, 3.05) is 13.1 Å². The molecule has 8 atom stereocenters. The van der Waals surface area contributed by atoms with Crippen molar-refractivity contribution in [1.29, 1.82) is 0 Å². The number of carboxylic acids is 2. The average molecular weight is 1130 g/mol. The first kappa shape index (κ1) is 65.7. The monoisotopic (exact) mass is 1130 g/mol. The molecule has 3 saturated carbocycles. The van der Waals surface area contributed by atoms with Crippen LogP contribution in [0.5, 0.6) is 0 Å². The Morgan fingerprint density at radius 2 is 0.988 bits per heavy atom. The number of nitrogens with one attached hydrogen (secondary N) is 9. The lowest BCUT2D eigenvalue weighted by molar-refractivity contribution is -0.142. The smallest absolute Gasteiger partial charge is 0.326 e. The lowest BCUT2D eigenvalue weighted by Crippen LogP contribution is -2.60. The minimum absolute atomic E-state index is 0.000425. The molecule has 17 N–H and O–H groups in total. The van der Waals surface area contributed by atoms with Gasteiger partial charge in [0, 0.05) is 31.8 Å². The molecule has 0 saturated heterocycles. The first-order chi connectivity index (χ1) is 38.2. The van der Waals surface area contributed by atoms with Crippen molar-refractivity contribution in [3.63, 3.8) is 0 Å². The Bertz CT molecular complexity index is 2210. The zero-order valence-corrected chi connectivity index (χ0v) is 46.7. The molecule has 0 bridgehead atoms. The predicted octanol–water partition coefficient (Wildman–Crippen LogP) is 0.523. The van der Waals surface area contributed by atoms with Crippen LogP contribution in [0.1, 0.15) is 174 Å². The van der Waals surface area contributed by atoms with E-state index in [0.29, 0.717) is 18.5 Å². The van der Waals surface area contributed by atoms with Gasteiger partial charge in [0.2, 0.25) is 47.3 Å². The highest BCUT2D eigenvalue weighted by molar-refractivity contribution is 5.98. The number of carbonyl (C=O) groups is 10. The van der Waals surface area contributed by atoms with E-state index in [9.17, 15) is 58.2 Å². The molecule has 0 aliphatic heterocycles. The highest BCUT2D eigenvalue weighted by Gasteiger charge is 2.37. The number of nitrogens with zero attached hydrogens (tertiary/aromatic N) is 2. The van der Waals surface area contributed by atoms with E-state index in [1.165, 1.54) is 26.4 Å². The highest BCUT2D eigenvalue weighted by Crippen LogP contribution is 2.30. The summed E-state index contributed by atoms with van der Waals surface area (Å²) in [6.07, 6.45) is 16.8. The zero-order valence-electron chi connectivity index (χ0n) is 46.7. The molecule has 3 aliphatic rings. The minimum atomic E-state index is -1.73. The second-order valence-electron chi connectivity index (χ2n) is 22.0. The van der Waals surface area contributed by atoms with Crippen LogP contribution in [0.4, 0.5) is 0 Å². The van der Waals surface area contributed by atoms with E-state index in [1.54, 1.807) is 0 Å². The van der Waals surface area contributed by atoms with Crippen LogP contribution in [-0.2, 0) is 54.4 Å². The number of unbranched alkanes of at least 4 members (excludes halogenated alkanes) is 1. The van der Waals surface area contributed by atoms with Gasteiger partial charge in [0.05, 0.1) is 12.7 Å². The summed E-state index contributed by atoms with van der Waals surface area (Å²) in [4.78, 5) is 147. The molecule has 1 aromatic heterocycles. The Kier molecular flexibility index (Phi) is 28.7. The molecule has 1 aromatic rings. The third kappa shape index (κ3) is 24.2. The second-order valence-corrected chi connectivity index (χ2v) is 22.0. The summed E-state index contributed by atoms with van der Waals surface area (Å²) in [5, 5.41) is 41.3. The van der Waals surface area contributed by atoms with Gasteiger partial charge in [-0.05, 0) is 82.6 Å². The molecular formula is C54H90N14O12. The number of rotatable bonds is 34. The zero-order chi connectivity index (χ0) is 58.6. The van der Waals surface area contributed by atoms with Gasteiger partial charge in [0.25, 0.3) is 0 Å². The number of aromatic nitrogens is 2. The molecule has 26 heteroatoms. The number of aromatic amines is 1. The highest BCUT2D eigenvalue weighted by atomic mass is 16.4. The number of carboxylic acid groups (broad SMARTS) is 2. The van der Waals surface area contributed by atoms with Gasteiger partial charge in [-0.3, -0.25) is 48.1 Å². The van der Waals surface area contributed by atoms with E-state index < -0.39 is 114 Å². The Morgan fingerprint density at radius 3 is 1.43 bits per heavy atom. The number of aliphatic carboxylic acids is 2. The SMILES string of the molecule is CC(=O)N[C@@H](Cc1cnc[nH]1)C(=O)N[C@@H](CCCCN)C(=O)N[C@@H](CC(=O)O)C(=O)N[C@@H](CC1CCCCC1)C(=O)N[C@@H](CC1CCCCC1)C(=O)N[C@@H](CC1CCCCC1)C(=O)N[C@H](C)C(=O)N[C@@H](CCCN=C(N)N)C(=O)O. The first-order valence-corrected chi connectivity index (χ1v) is 28.8. The minimum Gasteiger partial charge on any atom is -0.481 e. The molecule has 0 unspecified atom stereocenters. The van der Waals surface area contributed by atoms with E-state index in [0.717, 1.165) is 96.3 Å². The number of hydrogen-bond acceptors (Lipinski definition) is 13. The van der Waals surface area contributed by atoms with Crippen molar-refractivity contribution in [2.45, 2.75) is 223 Å². The molecule has 3 aliphatic carbocycles. The third-order valence-electron chi connectivity index (χ3n) is 15.4. The number of amides is 8. The molecule has 4 rings (SSSR count). The van der Waals surface area contributed by atoms with Crippen LogP contribution in [-0.4, -0.2) is 147 Å². The van der Waals surface area contributed by atoms with Crippen molar-refractivity contribution in [3.8, 4) is 0 Å². The van der Waals surface area contributed by atoms with Gasteiger partial charge in [0.1, 0.15) is 48.3 Å². The molecule has 448 valence electrons. The van der Waals surface area contributed by atoms with Crippen LogP contribution in [0.25, 0.3) is 0 Å². The summed E-state index contributed by atoms with van der Waals surface area (Å²) in [5.74, 6) is -8.79. The van der Waals surface area contributed by atoms with E-state index in [-0.39, 0.29) is 81.7 Å². The van der Waals surface area contributed by atoms with Gasteiger partial charge in [-0.15, -0.1) is 0 Å². The number of carbonyl (C=O) groups excluding carboxylic acids is 8. The molecule has 0 spiro atoms. The quantitative estimate of drug-likeness (QED) is 0.0254. The maximum Gasteiger partial charge on any atom is 0.326 e. The summed E-state index contributed by atoms with van der Waals surface area (Å²) in [7, 11) is 0. The fraction of sp³-hybridized carbons (Fsp3) is 0.741. The van der Waals surface area contributed by atoms with Crippen LogP contribution >= 0.6 is 0 Å². The van der Waals surface area contributed by atoms with Crippen molar-refractivity contribution in [1.82, 2.24) is 52.5 Å². The van der Waals surface area contributed by atoms with Crippen LogP contribution in [0.3, 0.4) is 0 Å². The number of imidazole rings is 1. The van der Waals surface area contributed by atoms with Crippen molar-refractivity contribution >= 4 is 65.2 Å². The Balaban J connectivity index is 1.59. The molecule has 0 aromatic carbocycles. The summed E-state index contributed by atoms with van der Waals surface area (Å²) in [5.41, 5.74) is 17.0. The third-order valence-corrected chi connectivity index (χ3v) is 15.4. The van der Waals surface area contributed by atoms with Gasteiger partial charge < -0.3 is 74.9 Å². The van der Waals surface area contributed by atoms with Crippen LogP contribution in [0, 0.1) is 17.8 Å². The number of aliphatic imine (C=N–C) groups is 1. The number of guanidine groups is 1. The standard InChI is InChI=1S/C54H90N14O12/c1-32(46(72)64-39(53(79)80)22-14-24-59-54(56)57)61-48(74)40(25-34-15-6-3-7-16-34)65-49(75)41(26-35-17-8-4-9-18-35)66-50(76)42(27-36-19-10-5-11-20-36)67-52(78)44(29-45(70)71)68-47(73)38(21-12-13-23-55)63-51(77)43(62-33(2)69)28-37-30-58-31-60-37/h30-32,34-36,38-44H,3-29,55H2,1-2H3,(H,58,60)(H,61,74)(H,62,69)(H,63,77)(H,64,72)(H,65,75)(H,66,76)(H,67,78)(H,68,73)(H,70,71)(H,79,80)(H4,56,57,59)/t32-,38+,39+,40+,41+,42+,43+,44+/m1/s1.